The van der Waals surface area contributed by atoms with Gasteiger partial charge in [-0.2, -0.15) is 0 Å². The number of aliphatic carboxylic acids is 1. The van der Waals surface area contributed by atoms with Gasteiger partial charge in [-0.15, -0.1) is 0 Å². The van der Waals surface area contributed by atoms with Gasteiger partial charge in [-0.25, -0.2) is 9.59 Å². The van der Waals surface area contributed by atoms with Crippen LogP contribution in [0.15, 0.2) is 12.1 Å². The smallest absolute Gasteiger partial charge is 0.412 e. The zero-order valence-electron chi connectivity index (χ0n) is 15.7. The lowest BCUT2D eigenvalue weighted by Crippen LogP contribution is -2.27. The van der Waals surface area contributed by atoms with Crippen LogP contribution in [-0.2, 0) is 36.8 Å². The minimum absolute atomic E-state index is 0.0120. The van der Waals surface area contributed by atoms with Crippen molar-refractivity contribution in [3.05, 3.63) is 28.8 Å². The van der Waals surface area contributed by atoms with Crippen LogP contribution >= 0.6 is 0 Å². The number of anilines is 1. The molecule has 0 heterocycles. The highest BCUT2D eigenvalue weighted by Gasteiger charge is 2.18. The molecular formula is C18H25NO7. The average Bonchev–Trinajstić information content (AvgIpc) is 2.49. The van der Waals surface area contributed by atoms with Crippen molar-refractivity contribution in [1.29, 1.82) is 0 Å². The van der Waals surface area contributed by atoms with Crippen LogP contribution in [0.2, 0.25) is 0 Å². The normalized spacial score (nSPS) is 11.0. The SMILES string of the molecule is COC(=O)Cc1cc(COCC(=O)O)cc(NC(=O)OC(C)(C)C)c1C. The first-order chi connectivity index (χ1) is 12.0. The van der Waals surface area contributed by atoms with Crippen LogP contribution < -0.4 is 5.32 Å². The van der Waals surface area contributed by atoms with Gasteiger partial charge in [-0.3, -0.25) is 10.1 Å². The Bertz CT molecular complexity index is 677. The number of rotatable bonds is 7. The molecule has 1 rings (SSSR count). The van der Waals surface area contributed by atoms with Gasteiger partial charge in [-0.1, -0.05) is 6.07 Å². The molecule has 0 aliphatic rings. The Morgan fingerprint density at radius 3 is 2.38 bits per heavy atom. The molecule has 0 aliphatic heterocycles. The molecule has 144 valence electrons. The van der Waals surface area contributed by atoms with Gasteiger partial charge in [0, 0.05) is 5.69 Å². The summed E-state index contributed by atoms with van der Waals surface area (Å²) in [4.78, 5) is 34.3. The molecule has 0 atom stereocenters. The van der Waals surface area contributed by atoms with Crippen LogP contribution in [0.4, 0.5) is 10.5 Å². The number of carboxylic acids is 1. The second-order valence-electron chi connectivity index (χ2n) is 6.69. The van der Waals surface area contributed by atoms with E-state index in [2.05, 4.69) is 10.1 Å². The number of hydrogen-bond donors (Lipinski definition) is 2. The zero-order chi connectivity index (χ0) is 19.9. The first-order valence-electron chi connectivity index (χ1n) is 8.00. The fourth-order valence-electron chi connectivity index (χ4n) is 2.13. The molecule has 0 spiro atoms. The van der Waals surface area contributed by atoms with Gasteiger partial charge in [0.1, 0.15) is 12.2 Å². The van der Waals surface area contributed by atoms with Gasteiger partial charge in [0.05, 0.1) is 20.1 Å². The average molecular weight is 367 g/mol. The highest BCUT2D eigenvalue weighted by atomic mass is 16.6. The Hall–Kier alpha value is -2.61. The second kappa shape index (κ2) is 9.19. The molecule has 1 aromatic carbocycles. The number of esters is 1. The zero-order valence-corrected chi connectivity index (χ0v) is 15.7. The molecule has 8 nitrogen and oxygen atoms in total. The summed E-state index contributed by atoms with van der Waals surface area (Å²) in [6.45, 7) is 6.57. The van der Waals surface area contributed by atoms with E-state index < -0.39 is 30.2 Å². The molecule has 0 aliphatic carbocycles. The van der Waals surface area contributed by atoms with Crippen molar-refractivity contribution in [2.75, 3.05) is 19.0 Å². The molecule has 1 amide bonds. The predicted octanol–water partition coefficient (Wildman–Crippen LogP) is 2.66. The maximum Gasteiger partial charge on any atom is 0.412 e. The van der Waals surface area contributed by atoms with Crippen molar-refractivity contribution in [1.82, 2.24) is 0 Å². The van der Waals surface area contributed by atoms with E-state index in [0.29, 0.717) is 22.4 Å². The van der Waals surface area contributed by atoms with E-state index >= 15 is 0 Å². The molecule has 0 saturated heterocycles. The number of carboxylic acid groups (broad SMARTS) is 1. The Morgan fingerprint density at radius 2 is 1.85 bits per heavy atom. The van der Waals surface area contributed by atoms with E-state index in [9.17, 15) is 14.4 Å². The van der Waals surface area contributed by atoms with E-state index in [4.69, 9.17) is 14.6 Å². The van der Waals surface area contributed by atoms with E-state index in [0.717, 1.165) is 0 Å². The summed E-state index contributed by atoms with van der Waals surface area (Å²) >= 11 is 0. The molecule has 26 heavy (non-hydrogen) atoms. The fourth-order valence-corrected chi connectivity index (χ4v) is 2.13. The maximum atomic E-state index is 12.1. The topological polar surface area (TPSA) is 111 Å². The molecule has 0 bridgehead atoms. The van der Waals surface area contributed by atoms with E-state index in [-0.39, 0.29) is 13.0 Å². The van der Waals surface area contributed by atoms with Crippen molar-refractivity contribution < 1.29 is 33.7 Å². The summed E-state index contributed by atoms with van der Waals surface area (Å²) in [5.74, 6) is -1.51. The fraction of sp³-hybridized carbons (Fsp3) is 0.500. The third-order valence-corrected chi connectivity index (χ3v) is 3.27. The number of amides is 1. The van der Waals surface area contributed by atoms with Crippen LogP contribution in [0.3, 0.4) is 0 Å². The first-order valence-corrected chi connectivity index (χ1v) is 8.00. The molecule has 0 fully saturated rings. The number of benzene rings is 1. The second-order valence-corrected chi connectivity index (χ2v) is 6.69. The molecular weight excluding hydrogens is 342 g/mol. The molecule has 0 aromatic heterocycles. The van der Waals surface area contributed by atoms with Gasteiger partial charge in [0.2, 0.25) is 0 Å². The number of ether oxygens (including phenoxy) is 3. The predicted molar refractivity (Wildman–Crippen MR) is 94.0 cm³/mol. The lowest BCUT2D eigenvalue weighted by atomic mass is 10.00. The van der Waals surface area contributed by atoms with Crippen molar-refractivity contribution in [3.63, 3.8) is 0 Å². The van der Waals surface area contributed by atoms with Crippen LogP contribution in [0.5, 0.6) is 0 Å². The number of nitrogens with one attached hydrogen (secondary N) is 1. The summed E-state index contributed by atoms with van der Waals surface area (Å²) < 4.78 is 15.0. The van der Waals surface area contributed by atoms with Crippen molar-refractivity contribution in [2.45, 2.75) is 46.3 Å². The highest BCUT2D eigenvalue weighted by Crippen LogP contribution is 2.24. The van der Waals surface area contributed by atoms with Crippen LogP contribution in [0, 0.1) is 6.92 Å². The summed E-state index contributed by atoms with van der Waals surface area (Å²) in [5.41, 5.74) is 1.73. The van der Waals surface area contributed by atoms with Gasteiger partial charge < -0.3 is 19.3 Å². The number of methoxy groups -OCH3 is 1. The molecule has 1 aromatic rings. The van der Waals surface area contributed by atoms with Crippen molar-refractivity contribution >= 4 is 23.7 Å². The summed E-state index contributed by atoms with van der Waals surface area (Å²) in [6, 6.07) is 3.37. The van der Waals surface area contributed by atoms with E-state index in [1.807, 2.05) is 0 Å². The van der Waals surface area contributed by atoms with Crippen molar-refractivity contribution in [3.8, 4) is 0 Å². The largest absolute Gasteiger partial charge is 0.480 e. The molecule has 2 N–H and O–H groups in total. The molecule has 8 heteroatoms. The maximum absolute atomic E-state index is 12.1. The Labute approximate surface area is 152 Å². The number of hydrogen-bond acceptors (Lipinski definition) is 6. The summed E-state index contributed by atoms with van der Waals surface area (Å²) in [5, 5.41) is 11.3. The monoisotopic (exact) mass is 367 g/mol. The van der Waals surface area contributed by atoms with Gasteiger partial charge in [0.15, 0.2) is 0 Å². The lowest BCUT2D eigenvalue weighted by Gasteiger charge is -2.21. The summed E-state index contributed by atoms with van der Waals surface area (Å²) in [6.07, 6.45) is -0.619. The lowest BCUT2D eigenvalue weighted by molar-refractivity contribution is -0.142. The third kappa shape index (κ3) is 7.52. The number of carbonyl (C=O) groups is 3. The van der Waals surface area contributed by atoms with Gasteiger partial charge in [-0.05, 0) is 50.5 Å². The van der Waals surface area contributed by atoms with Gasteiger partial charge in [0.25, 0.3) is 0 Å². The van der Waals surface area contributed by atoms with Crippen LogP contribution in [0.25, 0.3) is 0 Å². The van der Waals surface area contributed by atoms with E-state index in [1.54, 1.807) is 39.8 Å². The molecule has 0 radical (unpaired) electrons. The first kappa shape index (κ1) is 21.4. The molecule has 0 saturated carbocycles. The minimum Gasteiger partial charge on any atom is -0.480 e. The van der Waals surface area contributed by atoms with Gasteiger partial charge >= 0.3 is 18.0 Å². The number of carbonyl (C=O) groups excluding carboxylic acids is 2. The van der Waals surface area contributed by atoms with Crippen LogP contribution in [0.1, 0.15) is 37.5 Å². The summed E-state index contributed by atoms with van der Waals surface area (Å²) in [7, 11) is 1.29. The Kier molecular flexibility index (Phi) is 7.57. The van der Waals surface area contributed by atoms with E-state index in [1.165, 1.54) is 7.11 Å². The standard InChI is InChI=1S/C18H25NO7/c1-11-13(8-16(22)24-5)6-12(9-25-10-15(20)21)7-14(11)19-17(23)26-18(2,3)4/h6-7H,8-10H2,1-5H3,(H,19,23)(H,20,21). The van der Waals surface area contributed by atoms with Crippen molar-refractivity contribution in [2.24, 2.45) is 0 Å². The van der Waals surface area contributed by atoms with Crippen LogP contribution in [-0.4, -0.2) is 42.5 Å². The Balaban J connectivity index is 3.08. The minimum atomic E-state index is -1.08. The quantitative estimate of drug-likeness (QED) is 0.713. The third-order valence-electron chi connectivity index (χ3n) is 3.27. The Morgan fingerprint density at radius 1 is 1.19 bits per heavy atom. The molecule has 0 unspecified atom stereocenters. The highest BCUT2D eigenvalue weighted by molar-refractivity contribution is 5.87.